The Balaban J connectivity index is 1.51. The molecule has 0 saturated carbocycles. The largest absolute Gasteiger partial charge is 0.497 e. The van der Waals surface area contributed by atoms with Gasteiger partial charge in [-0.1, -0.05) is 60.5 Å². The average Bonchev–Trinajstić information content (AvgIpc) is 3.94. The van der Waals surface area contributed by atoms with Crippen LogP contribution >= 0.6 is 8.53 Å². The number of carbonyl (C=O) groups excluding carboxylic acids is 2. The molecular weight excluding hydrogens is 928 g/mol. The number of aromatic nitrogens is 4. The number of esters is 2. The number of methoxy groups -OCH3 is 2. The SMILES string of the molecule is COc1ccc(C(OC[C@H]2O[C@@H](n3nc(C#CC(COC(C)=O)COC(C)=O)c4c(N=CN(C)C)ncnc43)CC2OP(OCCC#N)N(C(C)C)C(C)C)(c2ccccc2)c2ccc(OC)cc2)cc1. The van der Waals surface area contributed by atoms with Gasteiger partial charge in [0.25, 0.3) is 8.53 Å². The van der Waals surface area contributed by atoms with Gasteiger partial charge in [-0.2, -0.15) is 10.4 Å². The molecule has 1 aliphatic heterocycles. The van der Waals surface area contributed by atoms with Crippen LogP contribution in [0, 0.1) is 29.1 Å². The van der Waals surface area contributed by atoms with Crippen molar-refractivity contribution in [3.05, 3.63) is 108 Å². The Labute approximate surface area is 417 Å². The molecule has 0 N–H and O–H groups in total. The third-order valence-corrected chi connectivity index (χ3v) is 13.4. The lowest BCUT2D eigenvalue weighted by atomic mass is 9.80. The van der Waals surface area contributed by atoms with E-state index in [0.717, 1.165) is 16.7 Å². The van der Waals surface area contributed by atoms with Gasteiger partial charge in [0.15, 0.2) is 17.7 Å². The van der Waals surface area contributed by atoms with Gasteiger partial charge in [-0.25, -0.2) is 24.3 Å². The number of fused-ring (bicyclic) bond motifs is 1. The van der Waals surface area contributed by atoms with Crippen LogP contribution < -0.4 is 9.47 Å². The number of ether oxygens (including phenoxy) is 6. The van der Waals surface area contributed by atoms with E-state index in [4.69, 9.17) is 47.6 Å². The zero-order valence-corrected chi connectivity index (χ0v) is 42.9. The molecule has 0 spiro atoms. The molecule has 0 aliphatic carbocycles. The van der Waals surface area contributed by atoms with Crippen molar-refractivity contribution < 1.29 is 47.1 Å². The Morgan fingerprint density at radius 1 is 0.901 bits per heavy atom. The van der Waals surface area contributed by atoms with Crippen LogP contribution in [0.2, 0.25) is 0 Å². The zero-order valence-electron chi connectivity index (χ0n) is 42.0. The first-order valence-electron chi connectivity index (χ1n) is 23.3. The molecule has 4 atom stereocenters. The predicted octanol–water partition coefficient (Wildman–Crippen LogP) is 8.12. The fourth-order valence-electron chi connectivity index (χ4n) is 8.05. The highest BCUT2D eigenvalue weighted by molar-refractivity contribution is 7.44. The lowest BCUT2D eigenvalue weighted by Crippen LogP contribution is -2.39. The number of aliphatic imine (C=N–C) groups is 1. The van der Waals surface area contributed by atoms with Gasteiger partial charge >= 0.3 is 11.9 Å². The quantitative estimate of drug-likeness (QED) is 0.0116. The lowest BCUT2D eigenvalue weighted by molar-refractivity contribution is -0.144. The van der Waals surface area contributed by atoms with Crippen LogP contribution in [0.3, 0.4) is 0 Å². The summed E-state index contributed by atoms with van der Waals surface area (Å²) in [4.78, 5) is 39.3. The van der Waals surface area contributed by atoms with E-state index >= 15 is 0 Å². The second-order valence-electron chi connectivity index (χ2n) is 17.3. The van der Waals surface area contributed by atoms with E-state index in [2.05, 4.69) is 60.3 Å². The average molecular weight is 991 g/mol. The standard InChI is InChI=1S/C52H63N8O10P/c1-35(2)60(36(3)4)71(68-28-14-27-53)70-46-29-48(59-51-49(50(54-33-55-51)56-34-58(7)8)45(57-59)26-17-39(30-65-37(5)61)31-66-38(6)62)69-47(46)32-67-52(40-15-12-11-13-16-40,41-18-22-43(63-9)23-19-41)42-20-24-44(64-10)25-21-42/h11-13,15-16,18-25,33-36,39,46-48H,14,28-32H2,1-10H3/t46?,47-,48-,71?/m1/s1. The third-order valence-electron chi connectivity index (χ3n) is 11.2. The molecule has 0 radical (unpaired) electrons. The number of hydrogen-bond acceptors (Lipinski definition) is 16. The van der Waals surface area contributed by atoms with Gasteiger partial charge in [0.1, 0.15) is 48.4 Å². The Morgan fingerprint density at radius 2 is 1.49 bits per heavy atom. The molecule has 3 aromatic carbocycles. The first-order chi connectivity index (χ1) is 34.2. The maximum atomic E-state index is 11.8. The van der Waals surface area contributed by atoms with E-state index in [1.165, 1.54) is 20.2 Å². The monoisotopic (exact) mass is 990 g/mol. The maximum Gasteiger partial charge on any atom is 0.302 e. The van der Waals surface area contributed by atoms with Crippen molar-refractivity contribution >= 4 is 43.7 Å². The minimum Gasteiger partial charge on any atom is -0.497 e. The van der Waals surface area contributed by atoms with Gasteiger partial charge in [-0.05, 0) is 74.6 Å². The van der Waals surface area contributed by atoms with E-state index in [-0.39, 0.29) is 57.0 Å². The maximum absolute atomic E-state index is 11.8. The number of rotatable bonds is 23. The molecule has 2 unspecified atom stereocenters. The molecule has 6 rings (SSSR count). The van der Waals surface area contributed by atoms with Crippen molar-refractivity contribution in [1.82, 2.24) is 29.3 Å². The molecule has 2 aromatic heterocycles. The molecule has 5 aromatic rings. The highest BCUT2D eigenvalue weighted by Crippen LogP contribution is 2.51. The Morgan fingerprint density at radius 3 is 2.03 bits per heavy atom. The highest BCUT2D eigenvalue weighted by Gasteiger charge is 2.46. The number of nitriles is 1. The fourth-order valence-corrected chi connectivity index (χ4v) is 9.81. The first kappa shape index (κ1) is 53.8. The molecule has 19 heteroatoms. The molecule has 0 amide bonds. The van der Waals surface area contributed by atoms with Gasteiger partial charge in [0, 0.05) is 46.4 Å². The zero-order chi connectivity index (χ0) is 51.1. The molecule has 0 bridgehead atoms. The molecule has 376 valence electrons. The molecule has 1 saturated heterocycles. The summed E-state index contributed by atoms with van der Waals surface area (Å²) in [5, 5.41) is 15.0. The summed E-state index contributed by atoms with van der Waals surface area (Å²) in [5.74, 6) is 6.20. The van der Waals surface area contributed by atoms with Crippen LogP contribution in [0.1, 0.15) is 83.0 Å². The number of nitrogens with zero attached hydrogens (tertiary/aromatic N) is 8. The van der Waals surface area contributed by atoms with Crippen LogP contribution in [0.25, 0.3) is 11.0 Å². The second kappa shape index (κ2) is 25.6. The van der Waals surface area contributed by atoms with Crippen molar-refractivity contribution in [2.45, 2.75) is 90.5 Å². The van der Waals surface area contributed by atoms with Crippen molar-refractivity contribution in [1.29, 1.82) is 5.26 Å². The summed E-state index contributed by atoms with van der Waals surface area (Å²) < 4.78 is 53.7. The summed E-state index contributed by atoms with van der Waals surface area (Å²) >= 11 is 0. The van der Waals surface area contributed by atoms with Crippen LogP contribution in [0.15, 0.2) is 90.2 Å². The number of benzene rings is 3. The molecule has 1 aliphatic rings. The van der Waals surface area contributed by atoms with E-state index in [1.54, 1.807) is 30.1 Å². The fraction of sp³-hybridized carbons (Fsp3) is 0.442. The summed E-state index contributed by atoms with van der Waals surface area (Å²) in [5.41, 5.74) is 1.98. The summed E-state index contributed by atoms with van der Waals surface area (Å²) in [7, 11) is 5.18. The van der Waals surface area contributed by atoms with Gasteiger partial charge in [-0.3, -0.25) is 9.59 Å². The minimum absolute atomic E-state index is 0.00600. The molecule has 71 heavy (non-hydrogen) atoms. The molecular formula is C52H63N8O10P. The summed E-state index contributed by atoms with van der Waals surface area (Å²) in [6, 6.07) is 27.8. The van der Waals surface area contributed by atoms with E-state index in [0.29, 0.717) is 28.4 Å². The van der Waals surface area contributed by atoms with Gasteiger partial charge in [0.05, 0.1) is 63.7 Å². The van der Waals surface area contributed by atoms with Crippen molar-refractivity contribution in [2.24, 2.45) is 10.9 Å². The van der Waals surface area contributed by atoms with Crippen LogP contribution in [-0.2, 0) is 43.2 Å². The Hall–Kier alpha value is -6.50. The van der Waals surface area contributed by atoms with E-state index < -0.39 is 50.4 Å². The Bertz CT molecular complexity index is 2590. The summed E-state index contributed by atoms with van der Waals surface area (Å²) in [6.45, 7) is 10.8. The molecule has 1 fully saturated rings. The van der Waals surface area contributed by atoms with Crippen LogP contribution in [0.4, 0.5) is 5.82 Å². The summed E-state index contributed by atoms with van der Waals surface area (Å²) in [6.07, 6.45) is 1.23. The van der Waals surface area contributed by atoms with Gasteiger partial charge in [0.2, 0.25) is 0 Å². The molecule has 3 heterocycles. The number of carbonyl (C=O) groups is 2. The van der Waals surface area contributed by atoms with E-state index in [1.807, 2.05) is 93.0 Å². The lowest BCUT2D eigenvalue weighted by Gasteiger charge is -2.39. The smallest absolute Gasteiger partial charge is 0.302 e. The van der Waals surface area contributed by atoms with Crippen molar-refractivity contribution in [3.63, 3.8) is 0 Å². The van der Waals surface area contributed by atoms with E-state index in [9.17, 15) is 14.9 Å². The minimum atomic E-state index is -1.75. The van der Waals surface area contributed by atoms with Crippen LogP contribution in [-0.4, -0.2) is 127 Å². The Kier molecular flexibility index (Phi) is 19.4. The third kappa shape index (κ3) is 13.7. The predicted molar refractivity (Wildman–Crippen MR) is 268 cm³/mol. The van der Waals surface area contributed by atoms with Gasteiger partial charge < -0.3 is 42.4 Å². The topological polar surface area (TPSA) is 194 Å². The number of hydrogen-bond donors (Lipinski definition) is 0. The highest BCUT2D eigenvalue weighted by atomic mass is 31.2. The molecule has 18 nitrogen and oxygen atoms in total. The first-order valence-corrected chi connectivity index (χ1v) is 24.4. The van der Waals surface area contributed by atoms with Crippen molar-refractivity contribution in [2.75, 3.05) is 54.7 Å². The van der Waals surface area contributed by atoms with Crippen LogP contribution in [0.5, 0.6) is 11.5 Å². The second-order valence-corrected chi connectivity index (χ2v) is 18.7. The normalized spacial score (nSPS) is 16.3. The van der Waals surface area contributed by atoms with Crippen molar-refractivity contribution in [3.8, 4) is 29.4 Å². The van der Waals surface area contributed by atoms with Gasteiger partial charge in [-0.15, -0.1) is 0 Å².